The van der Waals surface area contributed by atoms with Gasteiger partial charge in [0.2, 0.25) is 5.91 Å². The smallest absolute Gasteiger partial charge is 0.267 e. The molecule has 0 radical (unpaired) electrons. The number of halogens is 2. The molecule has 1 saturated heterocycles. The first-order valence-electron chi connectivity index (χ1n) is 10.1. The Hall–Kier alpha value is -2.31. The molecule has 2 fully saturated rings. The van der Waals surface area contributed by atoms with Gasteiger partial charge in [-0.1, -0.05) is 56.0 Å². The standard InChI is InChI=1S/C21H26F2N4O/c22-21(23)12-18(27(14-21)19(28)11-10-16-6-4-5-7-16)20-25-24-15-26(20)13-17-8-2-1-3-9-17/h1-3,8-9,15-16,18H,4-7,10-14H2/t18-/m0/s1. The Morgan fingerprint density at radius 3 is 2.68 bits per heavy atom. The number of carbonyl (C=O) groups is 1. The summed E-state index contributed by atoms with van der Waals surface area (Å²) >= 11 is 0. The number of benzene rings is 1. The number of aromatic nitrogens is 3. The molecular weight excluding hydrogens is 362 g/mol. The summed E-state index contributed by atoms with van der Waals surface area (Å²) in [6, 6.07) is 9.01. The van der Waals surface area contributed by atoms with E-state index in [1.54, 1.807) is 10.9 Å². The third-order valence-corrected chi connectivity index (χ3v) is 5.97. The fourth-order valence-electron chi connectivity index (χ4n) is 4.50. The Bertz CT molecular complexity index is 802. The van der Waals surface area contributed by atoms with Gasteiger partial charge in [0, 0.05) is 12.8 Å². The van der Waals surface area contributed by atoms with Crippen LogP contribution in [0.25, 0.3) is 0 Å². The molecule has 2 heterocycles. The van der Waals surface area contributed by atoms with Gasteiger partial charge in [0.15, 0.2) is 5.82 Å². The second-order valence-corrected chi connectivity index (χ2v) is 8.09. The van der Waals surface area contributed by atoms with E-state index in [1.165, 1.54) is 17.7 Å². The summed E-state index contributed by atoms with van der Waals surface area (Å²) in [6.07, 6.45) is 7.03. The van der Waals surface area contributed by atoms with E-state index in [0.717, 1.165) is 24.8 Å². The topological polar surface area (TPSA) is 51.0 Å². The maximum atomic E-state index is 14.2. The third-order valence-electron chi connectivity index (χ3n) is 5.97. The summed E-state index contributed by atoms with van der Waals surface area (Å²) in [5.74, 6) is -2.08. The normalized spacial score (nSPS) is 22.1. The number of carbonyl (C=O) groups excluding carboxylic acids is 1. The minimum atomic E-state index is -2.89. The number of rotatable bonds is 6. The number of amides is 1. The lowest BCUT2D eigenvalue weighted by atomic mass is 10.0. The minimum Gasteiger partial charge on any atom is -0.326 e. The first kappa shape index (κ1) is 19.0. The molecule has 4 rings (SSSR count). The zero-order valence-corrected chi connectivity index (χ0v) is 15.9. The molecule has 1 amide bonds. The van der Waals surface area contributed by atoms with Gasteiger partial charge in [-0.15, -0.1) is 10.2 Å². The van der Waals surface area contributed by atoms with E-state index in [9.17, 15) is 13.6 Å². The Morgan fingerprint density at radius 1 is 1.18 bits per heavy atom. The fourth-order valence-corrected chi connectivity index (χ4v) is 4.50. The average Bonchev–Trinajstić information content (AvgIpc) is 3.40. The van der Waals surface area contributed by atoms with Crippen LogP contribution in [0.3, 0.4) is 0 Å². The lowest BCUT2D eigenvalue weighted by Gasteiger charge is -2.24. The van der Waals surface area contributed by atoms with Crippen LogP contribution in [0.1, 0.15) is 62.4 Å². The van der Waals surface area contributed by atoms with Crippen molar-refractivity contribution < 1.29 is 13.6 Å². The number of likely N-dealkylation sites (tertiary alicyclic amines) is 1. The number of alkyl halides is 2. The average molecular weight is 388 g/mol. The monoisotopic (exact) mass is 388 g/mol. The van der Waals surface area contributed by atoms with Gasteiger partial charge in [0.1, 0.15) is 6.33 Å². The summed E-state index contributed by atoms with van der Waals surface area (Å²) in [5.41, 5.74) is 1.03. The largest absolute Gasteiger partial charge is 0.326 e. The van der Waals surface area contributed by atoms with E-state index in [2.05, 4.69) is 10.2 Å². The van der Waals surface area contributed by atoms with Crippen LogP contribution in [-0.2, 0) is 11.3 Å². The zero-order valence-electron chi connectivity index (χ0n) is 15.9. The molecule has 0 spiro atoms. The number of hydrogen-bond donors (Lipinski definition) is 0. The predicted octanol–water partition coefficient (Wildman–Crippen LogP) is 4.21. The lowest BCUT2D eigenvalue weighted by Crippen LogP contribution is -2.34. The number of hydrogen-bond acceptors (Lipinski definition) is 3. The van der Waals surface area contributed by atoms with Crippen molar-refractivity contribution in [3.05, 3.63) is 48.0 Å². The van der Waals surface area contributed by atoms with Crippen molar-refractivity contribution in [3.63, 3.8) is 0 Å². The van der Waals surface area contributed by atoms with Crippen LogP contribution < -0.4 is 0 Å². The molecule has 150 valence electrons. The second-order valence-electron chi connectivity index (χ2n) is 8.09. The molecule has 0 N–H and O–H groups in total. The molecule has 1 aliphatic carbocycles. The Kier molecular flexibility index (Phi) is 5.42. The third kappa shape index (κ3) is 4.23. The van der Waals surface area contributed by atoms with E-state index >= 15 is 0 Å². The molecule has 0 bridgehead atoms. The van der Waals surface area contributed by atoms with Crippen LogP contribution in [0.15, 0.2) is 36.7 Å². The van der Waals surface area contributed by atoms with Crippen LogP contribution >= 0.6 is 0 Å². The van der Waals surface area contributed by atoms with Crippen molar-refractivity contribution >= 4 is 5.91 Å². The van der Waals surface area contributed by atoms with Gasteiger partial charge < -0.3 is 9.47 Å². The van der Waals surface area contributed by atoms with Gasteiger partial charge in [-0.2, -0.15) is 0 Å². The molecule has 1 aromatic carbocycles. The van der Waals surface area contributed by atoms with Crippen molar-refractivity contribution in [2.24, 2.45) is 5.92 Å². The van der Waals surface area contributed by atoms with Gasteiger partial charge in [-0.05, 0) is 17.9 Å². The predicted molar refractivity (Wildman–Crippen MR) is 101 cm³/mol. The van der Waals surface area contributed by atoms with Crippen LogP contribution in [0, 0.1) is 5.92 Å². The Labute approximate surface area is 163 Å². The van der Waals surface area contributed by atoms with Crippen LogP contribution in [-0.4, -0.2) is 38.0 Å². The van der Waals surface area contributed by atoms with E-state index in [4.69, 9.17) is 0 Å². The van der Waals surface area contributed by atoms with Gasteiger partial charge in [-0.25, -0.2) is 8.78 Å². The van der Waals surface area contributed by atoms with Gasteiger partial charge in [0.05, 0.1) is 19.1 Å². The molecule has 0 unspecified atom stereocenters. The van der Waals surface area contributed by atoms with Gasteiger partial charge >= 0.3 is 0 Å². The Morgan fingerprint density at radius 2 is 1.93 bits per heavy atom. The zero-order chi connectivity index (χ0) is 19.6. The van der Waals surface area contributed by atoms with E-state index < -0.39 is 24.9 Å². The molecule has 7 heteroatoms. The van der Waals surface area contributed by atoms with Crippen LogP contribution in [0.4, 0.5) is 8.78 Å². The summed E-state index contributed by atoms with van der Waals surface area (Å²) < 4.78 is 30.3. The highest BCUT2D eigenvalue weighted by atomic mass is 19.3. The van der Waals surface area contributed by atoms with Gasteiger partial charge in [0.25, 0.3) is 5.92 Å². The highest BCUT2D eigenvalue weighted by molar-refractivity contribution is 5.77. The molecule has 28 heavy (non-hydrogen) atoms. The van der Waals surface area contributed by atoms with Crippen molar-refractivity contribution in [2.75, 3.05) is 6.54 Å². The van der Waals surface area contributed by atoms with E-state index in [-0.39, 0.29) is 5.91 Å². The SMILES string of the molecule is O=C(CCC1CCCC1)N1CC(F)(F)C[C@H]1c1nncn1Cc1ccccc1. The van der Waals surface area contributed by atoms with Crippen molar-refractivity contribution in [1.82, 2.24) is 19.7 Å². The fraction of sp³-hybridized carbons (Fsp3) is 0.571. The summed E-state index contributed by atoms with van der Waals surface area (Å²) in [6.45, 7) is -0.0330. The highest BCUT2D eigenvalue weighted by Gasteiger charge is 2.49. The highest BCUT2D eigenvalue weighted by Crippen LogP contribution is 2.41. The quantitative estimate of drug-likeness (QED) is 0.745. The lowest BCUT2D eigenvalue weighted by molar-refractivity contribution is -0.133. The maximum Gasteiger partial charge on any atom is 0.267 e. The number of nitrogens with zero attached hydrogens (tertiary/aromatic N) is 4. The molecule has 1 atom stereocenters. The Balaban J connectivity index is 1.50. The minimum absolute atomic E-state index is 0.191. The molecule has 1 aromatic heterocycles. The molecular formula is C21H26F2N4O. The second kappa shape index (κ2) is 7.97. The molecule has 2 aromatic rings. The van der Waals surface area contributed by atoms with Crippen LogP contribution in [0.5, 0.6) is 0 Å². The molecule has 1 saturated carbocycles. The summed E-state index contributed by atoms with van der Waals surface area (Å²) in [7, 11) is 0. The molecule has 5 nitrogen and oxygen atoms in total. The summed E-state index contributed by atoms with van der Waals surface area (Å²) in [4.78, 5) is 14.1. The van der Waals surface area contributed by atoms with Crippen molar-refractivity contribution in [2.45, 2.75) is 63.5 Å². The van der Waals surface area contributed by atoms with E-state index in [0.29, 0.717) is 24.7 Å². The summed E-state index contributed by atoms with van der Waals surface area (Å²) in [5, 5.41) is 8.06. The first-order chi connectivity index (χ1) is 13.5. The molecule has 2 aliphatic rings. The maximum absolute atomic E-state index is 14.2. The first-order valence-corrected chi connectivity index (χ1v) is 10.1. The van der Waals surface area contributed by atoms with Crippen LogP contribution in [0.2, 0.25) is 0 Å². The van der Waals surface area contributed by atoms with Crippen molar-refractivity contribution in [3.8, 4) is 0 Å². The van der Waals surface area contributed by atoms with E-state index in [1.807, 2.05) is 30.3 Å². The van der Waals surface area contributed by atoms with Crippen molar-refractivity contribution in [1.29, 1.82) is 0 Å². The molecule has 1 aliphatic heterocycles. The van der Waals surface area contributed by atoms with Gasteiger partial charge in [-0.3, -0.25) is 4.79 Å².